The molecule has 1 heterocycles. The van der Waals surface area contributed by atoms with Gasteiger partial charge in [-0.25, -0.2) is 0 Å². The first-order valence-electron chi connectivity index (χ1n) is 2.08. The fourth-order valence-corrected chi connectivity index (χ4v) is 0.789. The zero-order valence-electron chi connectivity index (χ0n) is 4.27. The van der Waals surface area contributed by atoms with Crippen LogP contribution in [0.1, 0.15) is 0 Å². The molecule has 5 nitrogen and oxygen atoms in total. The first kappa shape index (κ1) is 6.53. The standard InChI is InChI=1S/C3H4O5S/c4-9(5,6)3-1-2-7-8-3/h1H,2H2,(H,4,5,6). The molecule has 0 unspecified atom stereocenters. The summed E-state index contributed by atoms with van der Waals surface area (Å²) in [6, 6.07) is 0. The van der Waals surface area contributed by atoms with E-state index in [-0.39, 0.29) is 6.61 Å². The van der Waals surface area contributed by atoms with E-state index < -0.39 is 15.2 Å². The lowest BCUT2D eigenvalue weighted by Crippen LogP contribution is -2.00. The molecule has 1 rings (SSSR count). The molecule has 9 heavy (non-hydrogen) atoms. The predicted octanol–water partition coefficient (Wildman–Crippen LogP) is -0.323. The Morgan fingerprint density at radius 3 is 2.56 bits per heavy atom. The van der Waals surface area contributed by atoms with Crippen LogP contribution in [0.3, 0.4) is 0 Å². The van der Waals surface area contributed by atoms with Gasteiger partial charge in [-0.15, -0.1) is 0 Å². The van der Waals surface area contributed by atoms with Gasteiger partial charge in [0.25, 0.3) is 5.09 Å². The van der Waals surface area contributed by atoms with Crippen molar-refractivity contribution in [3.63, 3.8) is 0 Å². The minimum Gasteiger partial charge on any atom is -0.322 e. The maximum Gasteiger partial charge on any atom is 0.331 e. The molecule has 0 aromatic rings. The third-order valence-corrected chi connectivity index (χ3v) is 1.46. The van der Waals surface area contributed by atoms with Crippen LogP contribution in [-0.2, 0) is 19.9 Å². The van der Waals surface area contributed by atoms with Crippen LogP contribution in [0.2, 0.25) is 0 Å². The quantitative estimate of drug-likeness (QED) is 0.411. The second kappa shape index (κ2) is 1.98. The van der Waals surface area contributed by atoms with Crippen LogP contribution < -0.4 is 0 Å². The summed E-state index contributed by atoms with van der Waals surface area (Å²) in [6.07, 6.45) is 1.12. The molecule has 0 radical (unpaired) electrons. The predicted molar refractivity (Wildman–Crippen MR) is 26.7 cm³/mol. The van der Waals surface area contributed by atoms with E-state index in [9.17, 15) is 8.42 Å². The van der Waals surface area contributed by atoms with E-state index in [2.05, 4.69) is 9.78 Å². The molecule has 0 atom stereocenters. The van der Waals surface area contributed by atoms with Crippen LogP contribution in [0.15, 0.2) is 11.2 Å². The second-order valence-corrected chi connectivity index (χ2v) is 2.72. The van der Waals surface area contributed by atoms with Gasteiger partial charge in [0.2, 0.25) is 0 Å². The van der Waals surface area contributed by atoms with Crippen LogP contribution in [0, 0.1) is 0 Å². The Hall–Kier alpha value is -0.590. The Morgan fingerprint density at radius 2 is 2.33 bits per heavy atom. The molecule has 6 heteroatoms. The lowest BCUT2D eigenvalue weighted by atomic mass is 10.7. The van der Waals surface area contributed by atoms with Gasteiger partial charge in [0.1, 0.15) is 6.61 Å². The summed E-state index contributed by atoms with van der Waals surface area (Å²) in [4.78, 5) is 8.19. The fourth-order valence-electron chi connectivity index (χ4n) is 0.376. The molecule has 0 spiro atoms. The monoisotopic (exact) mass is 152 g/mol. The van der Waals surface area contributed by atoms with Crippen LogP contribution in [-0.4, -0.2) is 19.6 Å². The molecule has 1 N–H and O–H groups in total. The molecule has 1 aliphatic rings. The molecule has 1 aliphatic heterocycles. The number of hydrogen-bond acceptors (Lipinski definition) is 4. The molecule has 0 amide bonds. The van der Waals surface area contributed by atoms with Gasteiger partial charge < -0.3 is 4.89 Å². The first-order valence-corrected chi connectivity index (χ1v) is 3.52. The van der Waals surface area contributed by atoms with Crippen LogP contribution in [0.25, 0.3) is 0 Å². The summed E-state index contributed by atoms with van der Waals surface area (Å²) in [5, 5.41) is -0.539. The molecule has 0 saturated heterocycles. The summed E-state index contributed by atoms with van der Waals surface area (Å²) >= 11 is 0. The normalized spacial score (nSPS) is 19.0. The van der Waals surface area contributed by atoms with Crippen LogP contribution in [0.4, 0.5) is 0 Å². The van der Waals surface area contributed by atoms with Gasteiger partial charge in [-0.1, -0.05) is 0 Å². The average molecular weight is 152 g/mol. The highest BCUT2D eigenvalue weighted by atomic mass is 32.2. The van der Waals surface area contributed by atoms with Gasteiger partial charge in [-0.05, 0) is 0 Å². The lowest BCUT2D eigenvalue weighted by molar-refractivity contribution is -0.226. The number of hydrogen-bond donors (Lipinski definition) is 1. The molecule has 0 saturated carbocycles. The minimum absolute atomic E-state index is 0.0507. The maximum atomic E-state index is 10.1. The second-order valence-electron chi connectivity index (χ2n) is 1.37. The van der Waals surface area contributed by atoms with E-state index in [1.165, 1.54) is 0 Å². The molecule has 0 bridgehead atoms. The molecule has 0 aliphatic carbocycles. The van der Waals surface area contributed by atoms with E-state index in [1.807, 2.05) is 0 Å². The van der Waals surface area contributed by atoms with Crippen molar-refractivity contribution in [2.24, 2.45) is 0 Å². The molecule has 0 aromatic heterocycles. The van der Waals surface area contributed by atoms with Crippen molar-refractivity contribution in [2.45, 2.75) is 0 Å². The van der Waals surface area contributed by atoms with Crippen molar-refractivity contribution >= 4 is 10.1 Å². The SMILES string of the molecule is O=S(=O)(O)C1=CCOO1. The highest BCUT2D eigenvalue weighted by molar-refractivity contribution is 7.89. The fraction of sp³-hybridized carbons (Fsp3) is 0.333. The Balaban J connectivity index is 2.87. The number of rotatable bonds is 1. The Labute approximate surface area is 51.6 Å². The Kier molecular flexibility index (Phi) is 1.43. The highest BCUT2D eigenvalue weighted by Crippen LogP contribution is 2.11. The third kappa shape index (κ3) is 1.41. The largest absolute Gasteiger partial charge is 0.331 e. The smallest absolute Gasteiger partial charge is 0.322 e. The minimum atomic E-state index is -4.19. The van der Waals surface area contributed by atoms with Gasteiger partial charge in [-0.3, -0.25) is 4.55 Å². The van der Waals surface area contributed by atoms with E-state index in [0.29, 0.717) is 0 Å². The highest BCUT2D eigenvalue weighted by Gasteiger charge is 2.20. The zero-order valence-corrected chi connectivity index (χ0v) is 5.09. The van der Waals surface area contributed by atoms with Crippen molar-refractivity contribution in [1.29, 1.82) is 0 Å². The third-order valence-electron chi connectivity index (χ3n) is 0.713. The van der Waals surface area contributed by atoms with E-state index in [4.69, 9.17) is 4.55 Å². The summed E-state index contributed by atoms with van der Waals surface area (Å²) in [5.74, 6) is 0. The van der Waals surface area contributed by atoms with Crippen molar-refractivity contribution in [3.05, 3.63) is 11.2 Å². The molecular weight excluding hydrogens is 148 g/mol. The van der Waals surface area contributed by atoms with Crippen molar-refractivity contribution in [2.75, 3.05) is 6.61 Å². The molecule has 52 valence electrons. The van der Waals surface area contributed by atoms with E-state index in [0.717, 1.165) is 6.08 Å². The molecule has 0 aromatic carbocycles. The molecular formula is C3H4O5S. The van der Waals surface area contributed by atoms with Crippen LogP contribution in [0.5, 0.6) is 0 Å². The van der Waals surface area contributed by atoms with E-state index in [1.54, 1.807) is 0 Å². The van der Waals surface area contributed by atoms with Crippen molar-refractivity contribution in [1.82, 2.24) is 0 Å². The van der Waals surface area contributed by atoms with Crippen molar-refractivity contribution in [3.8, 4) is 0 Å². The topological polar surface area (TPSA) is 72.8 Å². The summed E-state index contributed by atoms with van der Waals surface area (Å²) in [5.41, 5.74) is 0. The van der Waals surface area contributed by atoms with Gasteiger partial charge in [0, 0.05) is 6.08 Å². The van der Waals surface area contributed by atoms with Gasteiger partial charge in [0.05, 0.1) is 0 Å². The lowest BCUT2D eigenvalue weighted by Gasteiger charge is -1.93. The summed E-state index contributed by atoms with van der Waals surface area (Å²) in [6.45, 7) is 0.0507. The van der Waals surface area contributed by atoms with Gasteiger partial charge in [0.15, 0.2) is 0 Å². The summed E-state index contributed by atoms with van der Waals surface area (Å²) in [7, 11) is -4.19. The first-order chi connectivity index (χ1) is 4.11. The summed E-state index contributed by atoms with van der Waals surface area (Å²) < 4.78 is 28.4. The van der Waals surface area contributed by atoms with Gasteiger partial charge >= 0.3 is 10.1 Å². The Morgan fingerprint density at radius 1 is 1.67 bits per heavy atom. The average Bonchev–Trinajstić information content (AvgIpc) is 2.08. The van der Waals surface area contributed by atoms with Crippen LogP contribution >= 0.6 is 0 Å². The van der Waals surface area contributed by atoms with E-state index >= 15 is 0 Å². The Bertz CT molecular complexity index is 225. The zero-order chi connectivity index (χ0) is 6.91. The molecule has 0 fully saturated rings. The maximum absolute atomic E-state index is 10.1. The van der Waals surface area contributed by atoms with Gasteiger partial charge in [-0.2, -0.15) is 13.3 Å². The van der Waals surface area contributed by atoms with Crippen molar-refractivity contribution < 1.29 is 22.7 Å².